The fraction of sp³-hybridized carbons (Fsp3) is 0.407. The van der Waals surface area contributed by atoms with Gasteiger partial charge in [0, 0.05) is 24.3 Å². The molecule has 10 heteroatoms. The van der Waals surface area contributed by atoms with E-state index in [1.807, 2.05) is 27.7 Å². The van der Waals surface area contributed by atoms with Crippen molar-refractivity contribution in [1.82, 2.24) is 14.5 Å². The van der Waals surface area contributed by atoms with Crippen LogP contribution >= 0.6 is 0 Å². The number of carbonyl (C=O) groups excluding carboxylic acids is 1. The van der Waals surface area contributed by atoms with E-state index in [1.165, 1.54) is 18.2 Å². The van der Waals surface area contributed by atoms with E-state index in [2.05, 4.69) is 4.57 Å². The lowest BCUT2D eigenvalue weighted by atomic mass is 9.98. The monoisotopic (exact) mass is 522 g/mol. The summed E-state index contributed by atoms with van der Waals surface area (Å²) in [6.45, 7) is 10.6. The molecule has 2 heterocycles. The first-order valence-corrected chi connectivity index (χ1v) is 11.9. The number of halogens is 5. The number of rotatable bonds is 3. The van der Waals surface area contributed by atoms with E-state index < -0.39 is 28.9 Å². The summed E-state index contributed by atoms with van der Waals surface area (Å²) in [5.74, 6) is -1.06. The topological polar surface area (TPSA) is 64.2 Å². The van der Waals surface area contributed by atoms with Gasteiger partial charge in [-0.25, -0.2) is 13.8 Å². The average Bonchev–Trinajstić information content (AvgIpc) is 3.22. The van der Waals surface area contributed by atoms with Crippen molar-refractivity contribution in [1.29, 1.82) is 0 Å². The largest absolute Gasteiger partial charge is 0.416 e. The van der Waals surface area contributed by atoms with Crippen molar-refractivity contribution < 1.29 is 26.7 Å². The lowest BCUT2D eigenvalue weighted by molar-refractivity contribution is -0.138. The summed E-state index contributed by atoms with van der Waals surface area (Å²) in [4.78, 5) is 18.7. The number of fused-ring (bicyclic) bond motifs is 1. The smallest absolute Gasteiger partial charge is 0.327 e. The van der Waals surface area contributed by atoms with Gasteiger partial charge in [-0.1, -0.05) is 37.6 Å². The Morgan fingerprint density at radius 1 is 1.08 bits per heavy atom. The molecule has 2 N–H and O–H groups in total. The molecule has 1 aliphatic rings. The maximum atomic E-state index is 13.8. The van der Waals surface area contributed by atoms with Gasteiger partial charge in [-0.3, -0.25) is 4.79 Å². The van der Waals surface area contributed by atoms with Crippen LogP contribution in [-0.4, -0.2) is 33.4 Å². The van der Waals surface area contributed by atoms with E-state index in [0.717, 1.165) is 29.7 Å². The average molecular weight is 523 g/mol. The summed E-state index contributed by atoms with van der Waals surface area (Å²) in [5, 5.41) is 0. The molecular formula is C27H31F5N4O. The highest BCUT2D eigenvalue weighted by molar-refractivity contribution is 5.79. The third-order valence-electron chi connectivity index (χ3n) is 6.34. The molecule has 0 saturated carbocycles. The molecule has 0 aliphatic carbocycles. The van der Waals surface area contributed by atoms with E-state index in [-0.39, 0.29) is 18.4 Å². The van der Waals surface area contributed by atoms with E-state index >= 15 is 0 Å². The second kappa shape index (κ2) is 10.6. The summed E-state index contributed by atoms with van der Waals surface area (Å²) in [6, 6.07) is 9.04. The molecule has 37 heavy (non-hydrogen) atoms. The van der Waals surface area contributed by atoms with Crippen molar-refractivity contribution in [3.8, 4) is 11.3 Å². The standard InChI is InChI=1S/C19H24F2N4O.C8H7F3/c1-11(2)17-16(12-5-6-13(20)14(21)9-12)23-18-19(3,4)25(15(26)10-22)8-7-24(17)18;1-6-3-2-4-7(5-6)8(9,10)11/h5-6,9,11H,7-8,10,22H2,1-4H3;2-5H,1H3. The Bertz CT molecular complexity index is 1280. The van der Waals surface area contributed by atoms with Crippen molar-refractivity contribution in [3.63, 3.8) is 0 Å². The van der Waals surface area contributed by atoms with Gasteiger partial charge in [0.1, 0.15) is 5.82 Å². The number of amides is 1. The van der Waals surface area contributed by atoms with Crippen LogP contribution in [0.4, 0.5) is 22.0 Å². The number of aryl methyl sites for hydroxylation is 1. The second-order valence-electron chi connectivity index (χ2n) is 9.78. The fourth-order valence-corrected chi connectivity index (χ4v) is 4.57. The van der Waals surface area contributed by atoms with Crippen molar-refractivity contribution in [2.75, 3.05) is 13.1 Å². The Labute approximate surface area is 213 Å². The maximum absolute atomic E-state index is 13.8. The Kier molecular flexibility index (Phi) is 8.12. The normalized spacial score (nSPS) is 14.8. The third kappa shape index (κ3) is 5.84. The predicted molar refractivity (Wildman–Crippen MR) is 132 cm³/mol. The van der Waals surface area contributed by atoms with Crippen LogP contribution in [0, 0.1) is 18.6 Å². The number of alkyl halides is 3. The summed E-state index contributed by atoms with van der Waals surface area (Å²) in [6.07, 6.45) is -4.22. The van der Waals surface area contributed by atoms with Gasteiger partial charge in [0.05, 0.1) is 23.3 Å². The summed E-state index contributed by atoms with van der Waals surface area (Å²) >= 11 is 0. The molecule has 0 atom stereocenters. The first-order valence-electron chi connectivity index (χ1n) is 11.9. The van der Waals surface area contributed by atoms with Gasteiger partial charge >= 0.3 is 6.18 Å². The van der Waals surface area contributed by atoms with Crippen LogP contribution in [0.15, 0.2) is 42.5 Å². The van der Waals surface area contributed by atoms with Gasteiger partial charge in [0.2, 0.25) is 5.91 Å². The fourth-order valence-electron chi connectivity index (χ4n) is 4.57. The zero-order valence-electron chi connectivity index (χ0n) is 21.5. The summed E-state index contributed by atoms with van der Waals surface area (Å²) < 4.78 is 65.1. The van der Waals surface area contributed by atoms with Gasteiger partial charge in [-0.05, 0) is 51.0 Å². The molecule has 1 aliphatic heterocycles. The zero-order chi connectivity index (χ0) is 27.7. The highest BCUT2D eigenvalue weighted by Crippen LogP contribution is 2.38. The maximum Gasteiger partial charge on any atom is 0.416 e. The van der Waals surface area contributed by atoms with Crippen LogP contribution in [0.1, 0.15) is 56.3 Å². The Morgan fingerprint density at radius 2 is 1.76 bits per heavy atom. The number of hydrogen-bond donors (Lipinski definition) is 1. The van der Waals surface area contributed by atoms with Crippen LogP contribution < -0.4 is 5.73 Å². The third-order valence-corrected chi connectivity index (χ3v) is 6.34. The van der Waals surface area contributed by atoms with Crippen molar-refractivity contribution >= 4 is 5.91 Å². The molecule has 200 valence electrons. The predicted octanol–water partition coefficient (Wildman–Crippen LogP) is 6.00. The zero-order valence-corrected chi connectivity index (χ0v) is 21.5. The molecule has 1 aromatic heterocycles. The van der Waals surface area contributed by atoms with Crippen molar-refractivity contribution in [2.24, 2.45) is 5.73 Å². The molecule has 5 nitrogen and oxygen atoms in total. The minimum absolute atomic E-state index is 0.0583. The molecule has 2 aromatic carbocycles. The van der Waals surface area contributed by atoms with E-state index in [1.54, 1.807) is 17.9 Å². The molecule has 0 fully saturated rings. The van der Waals surface area contributed by atoms with Gasteiger partial charge < -0.3 is 15.2 Å². The first-order chi connectivity index (χ1) is 17.2. The number of carbonyl (C=O) groups is 1. The number of hydrogen-bond acceptors (Lipinski definition) is 3. The number of nitrogens with two attached hydrogens (primary N) is 1. The van der Waals surface area contributed by atoms with Crippen LogP contribution in [-0.2, 0) is 23.1 Å². The molecule has 0 spiro atoms. The van der Waals surface area contributed by atoms with Gasteiger partial charge in [0.25, 0.3) is 0 Å². The molecule has 1 amide bonds. The SMILES string of the molecule is CC(C)c1c(-c2ccc(F)c(F)c2)nc2n1CCN(C(=O)CN)C2(C)C.Cc1cccc(C(F)(F)F)c1. The van der Waals surface area contributed by atoms with E-state index in [4.69, 9.17) is 10.7 Å². The van der Waals surface area contributed by atoms with Crippen LogP contribution in [0.3, 0.4) is 0 Å². The second-order valence-corrected chi connectivity index (χ2v) is 9.78. The highest BCUT2D eigenvalue weighted by atomic mass is 19.4. The molecule has 3 aromatic rings. The van der Waals surface area contributed by atoms with Gasteiger partial charge in [0.15, 0.2) is 11.6 Å². The first kappa shape index (κ1) is 28.3. The number of aromatic nitrogens is 2. The minimum atomic E-state index is -4.22. The molecule has 0 bridgehead atoms. The lowest BCUT2D eigenvalue weighted by Crippen LogP contribution is -2.53. The molecule has 4 rings (SSSR count). The van der Waals surface area contributed by atoms with Crippen LogP contribution in [0.2, 0.25) is 0 Å². The van der Waals surface area contributed by atoms with Crippen LogP contribution in [0.25, 0.3) is 11.3 Å². The number of benzene rings is 2. The lowest BCUT2D eigenvalue weighted by Gasteiger charge is -2.42. The van der Waals surface area contributed by atoms with Crippen molar-refractivity contribution in [2.45, 2.75) is 58.8 Å². The quantitative estimate of drug-likeness (QED) is 0.429. The number of nitrogens with zero attached hydrogens (tertiary/aromatic N) is 3. The Hall–Kier alpha value is -3.27. The molecular weight excluding hydrogens is 491 g/mol. The number of imidazole rings is 1. The van der Waals surface area contributed by atoms with Gasteiger partial charge in [-0.2, -0.15) is 13.2 Å². The Balaban J connectivity index is 0.000000289. The van der Waals surface area contributed by atoms with Crippen molar-refractivity contribution in [3.05, 3.63) is 76.7 Å². The van der Waals surface area contributed by atoms with Gasteiger partial charge in [-0.15, -0.1) is 0 Å². The molecule has 0 saturated heterocycles. The molecule has 0 unspecified atom stereocenters. The molecule has 0 radical (unpaired) electrons. The van der Waals surface area contributed by atoms with Crippen LogP contribution in [0.5, 0.6) is 0 Å². The Morgan fingerprint density at radius 3 is 2.27 bits per heavy atom. The van der Waals surface area contributed by atoms with E-state index in [9.17, 15) is 26.7 Å². The van der Waals surface area contributed by atoms with E-state index in [0.29, 0.717) is 29.9 Å². The summed E-state index contributed by atoms with van der Waals surface area (Å²) in [5.41, 5.74) is 7.06. The minimum Gasteiger partial charge on any atom is -0.327 e. The summed E-state index contributed by atoms with van der Waals surface area (Å²) in [7, 11) is 0. The highest BCUT2D eigenvalue weighted by Gasteiger charge is 2.41.